The van der Waals surface area contributed by atoms with Crippen LogP contribution in [0.15, 0.2) is 16.6 Å². The van der Waals surface area contributed by atoms with Crippen LogP contribution in [0, 0.1) is 0 Å². The summed E-state index contributed by atoms with van der Waals surface area (Å²) in [6.45, 7) is 6.72. The van der Waals surface area contributed by atoms with E-state index in [1.807, 2.05) is 11.6 Å². The standard InChI is InChI=1S/C11H19N5S.HI/c1-2-3-13-10(12)15-5-7-16(8-6-15)11-14-4-9-17-11;/h4,9H,2-3,5-8H2,1H3,(H2,12,13);1H. The lowest BCUT2D eigenvalue weighted by Crippen LogP contribution is -2.51. The number of nitrogens with zero attached hydrogens (tertiary/aromatic N) is 4. The monoisotopic (exact) mass is 381 g/mol. The summed E-state index contributed by atoms with van der Waals surface area (Å²) < 4.78 is 0. The predicted molar refractivity (Wildman–Crippen MR) is 88.1 cm³/mol. The number of hydrogen-bond donors (Lipinski definition) is 1. The number of rotatable bonds is 3. The molecule has 0 bridgehead atoms. The Morgan fingerprint density at radius 2 is 2.17 bits per heavy atom. The fraction of sp³-hybridized carbons (Fsp3) is 0.636. The first-order chi connectivity index (χ1) is 8.31. The molecule has 102 valence electrons. The third kappa shape index (κ3) is 3.98. The van der Waals surface area contributed by atoms with Gasteiger partial charge in [-0.15, -0.1) is 35.3 Å². The van der Waals surface area contributed by atoms with Crippen LogP contribution in [0.3, 0.4) is 0 Å². The van der Waals surface area contributed by atoms with Gasteiger partial charge in [0.1, 0.15) is 0 Å². The third-order valence-corrected chi connectivity index (χ3v) is 3.62. The summed E-state index contributed by atoms with van der Waals surface area (Å²) in [6.07, 6.45) is 2.89. The average molecular weight is 381 g/mol. The first-order valence-corrected chi connectivity index (χ1v) is 6.88. The number of hydrogen-bond acceptors (Lipinski definition) is 4. The molecule has 2 rings (SSSR count). The van der Waals surface area contributed by atoms with Gasteiger partial charge in [0.05, 0.1) is 0 Å². The smallest absolute Gasteiger partial charge is 0.191 e. The van der Waals surface area contributed by atoms with E-state index in [4.69, 9.17) is 5.73 Å². The number of nitrogens with two attached hydrogens (primary N) is 1. The molecule has 1 saturated heterocycles. The second-order valence-electron chi connectivity index (χ2n) is 4.03. The Balaban J connectivity index is 0.00000162. The Hall–Kier alpha value is -0.570. The van der Waals surface area contributed by atoms with Crippen molar-refractivity contribution in [2.24, 2.45) is 10.7 Å². The molecule has 5 nitrogen and oxygen atoms in total. The van der Waals surface area contributed by atoms with Gasteiger partial charge < -0.3 is 15.5 Å². The van der Waals surface area contributed by atoms with Crippen molar-refractivity contribution in [2.45, 2.75) is 13.3 Å². The summed E-state index contributed by atoms with van der Waals surface area (Å²) in [4.78, 5) is 13.1. The molecule has 0 atom stereocenters. The van der Waals surface area contributed by atoms with Crippen molar-refractivity contribution in [1.29, 1.82) is 0 Å². The van der Waals surface area contributed by atoms with E-state index < -0.39 is 0 Å². The molecule has 2 heterocycles. The minimum absolute atomic E-state index is 0. The Labute approximate surface area is 129 Å². The van der Waals surface area contributed by atoms with E-state index in [2.05, 4.69) is 26.7 Å². The number of piperazine rings is 1. The molecule has 1 aliphatic rings. The van der Waals surface area contributed by atoms with Crippen LogP contribution < -0.4 is 10.6 Å². The topological polar surface area (TPSA) is 57.8 Å². The van der Waals surface area contributed by atoms with E-state index in [1.54, 1.807) is 11.3 Å². The lowest BCUT2D eigenvalue weighted by molar-refractivity contribution is 0.380. The molecule has 1 aromatic rings. The molecule has 1 fully saturated rings. The molecule has 18 heavy (non-hydrogen) atoms. The molecule has 0 aromatic carbocycles. The minimum atomic E-state index is 0. The summed E-state index contributed by atoms with van der Waals surface area (Å²) in [5.74, 6) is 0.686. The molecule has 0 aliphatic carbocycles. The van der Waals surface area contributed by atoms with E-state index in [0.29, 0.717) is 5.96 Å². The highest BCUT2D eigenvalue weighted by atomic mass is 127. The lowest BCUT2D eigenvalue weighted by Gasteiger charge is -2.35. The van der Waals surface area contributed by atoms with Crippen molar-refractivity contribution in [3.05, 3.63) is 11.6 Å². The van der Waals surface area contributed by atoms with Crippen molar-refractivity contribution in [2.75, 3.05) is 37.6 Å². The van der Waals surface area contributed by atoms with Crippen LogP contribution in [-0.2, 0) is 0 Å². The largest absolute Gasteiger partial charge is 0.370 e. The van der Waals surface area contributed by atoms with Gasteiger partial charge in [-0.1, -0.05) is 6.92 Å². The van der Waals surface area contributed by atoms with Gasteiger partial charge in [0.2, 0.25) is 0 Å². The molecule has 0 radical (unpaired) electrons. The molecule has 2 N–H and O–H groups in total. The summed E-state index contributed by atoms with van der Waals surface area (Å²) in [6, 6.07) is 0. The average Bonchev–Trinajstić information content (AvgIpc) is 2.90. The van der Waals surface area contributed by atoms with E-state index in [9.17, 15) is 0 Å². The zero-order chi connectivity index (χ0) is 12.1. The fourth-order valence-electron chi connectivity index (χ4n) is 1.83. The maximum atomic E-state index is 5.94. The second kappa shape index (κ2) is 7.78. The number of aliphatic imine (C=N–C) groups is 1. The minimum Gasteiger partial charge on any atom is -0.370 e. The van der Waals surface area contributed by atoms with Crippen LogP contribution in [0.5, 0.6) is 0 Å². The van der Waals surface area contributed by atoms with Gasteiger partial charge >= 0.3 is 0 Å². The van der Waals surface area contributed by atoms with Crippen LogP contribution in [0.1, 0.15) is 13.3 Å². The van der Waals surface area contributed by atoms with Crippen LogP contribution in [0.2, 0.25) is 0 Å². The lowest BCUT2D eigenvalue weighted by atomic mass is 10.3. The van der Waals surface area contributed by atoms with Gasteiger partial charge in [0.25, 0.3) is 0 Å². The van der Waals surface area contributed by atoms with Crippen molar-refractivity contribution in [3.63, 3.8) is 0 Å². The van der Waals surface area contributed by atoms with Gasteiger partial charge in [0.15, 0.2) is 11.1 Å². The number of anilines is 1. The molecule has 1 aromatic heterocycles. The third-order valence-electron chi connectivity index (χ3n) is 2.79. The highest BCUT2D eigenvalue weighted by molar-refractivity contribution is 14.0. The maximum Gasteiger partial charge on any atom is 0.191 e. The number of aromatic nitrogens is 1. The van der Waals surface area contributed by atoms with Gasteiger partial charge in [-0.2, -0.15) is 0 Å². The highest BCUT2D eigenvalue weighted by Crippen LogP contribution is 2.18. The van der Waals surface area contributed by atoms with Crippen molar-refractivity contribution < 1.29 is 0 Å². The molecule has 0 unspecified atom stereocenters. The molecule has 7 heteroatoms. The Morgan fingerprint density at radius 1 is 1.44 bits per heavy atom. The Morgan fingerprint density at radius 3 is 2.72 bits per heavy atom. The van der Waals surface area contributed by atoms with E-state index in [1.165, 1.54) is 0 Å². The Kier molecular flexibility index (Phi) is 6.69. The maximum absolute atomic E-state index is 5.94. The summed E-state index contributed by atoms with van der Waals surface area (Å²) in [5, 5.41) is 3.12. The SMILES string of the molecule is CCCN=C(N)N1CCN(c2nccs2)CC1.I. The molecule has 0 saturated carbocycles. The summed E-state index contributed by atoms with van der Waals surface area (Å²) >= 11 is 1.69. The van der Waals surface area contributed by atoms with Crippen LogP contribution in [-0.4, -0.2) is 48.6 Å². The van der Waals surface area contributed by atoms with Gasteiger partial charge in [-0.05, 0) is 6.42 Å². The fourth-order valence-corrected chi connectivity index (χ4v) is 2.52. The first kappa shape index (κ1) is 15.5. The normalized spacial score (nSPS) is 16.6. The predicted octanol–water partition coefficient (Wildman–Crippen LogP) is 1.61. The number of thiazole rings is 1. The van der Waals surface area contributed by atoms with Gasteiger partial charge in [-0.25, -0.2) is 4.98 Å². The van der Waals surface area contributed by atoms with Crippen LogP contribution in [0.4, 0.5) is 5.13 Å². The zero-order valence-corrected chi connectivity index (χ0v) is 13.7. The van der Waals surface area contributed by atoms with E-state index in [-0.39, 0.29) is 24.0 Å². The summed E-state index contributed by atoms with van der Waals surface area (Å²) in [7, 11) is 0. The first-order valence-electron chi connectivity index (χ1n) is 6.00. The number of halogens is 1. The Bertz CT molecular complexity index is 360. The van der Waals surface area contributed by atoms with Crippen molar-refractivity contribution in [3.8, 4) is 0 Å². The van der Waals surface area contributed by atoms with Crippen LogP contribution in [0.25, 0.3) is 0 Å². The summed E-state index contributed by atoms with van der Waals surface area (Å²) in [5.41, 5.74) is 5.94. The van der Waals surface area contributed by atoms with E-state index in [0.717, 1.165) is 44.3 Å². The zero-order valence-electron chi connectivity index (χ0n) is 10.6. The van der Waals surface area contributed by atoms with Crippen molar-refractivity contribution in [1.82, 2.24) is 9.88 Å². The van der Waals surface area contributed by atoms with Crippen molar-refractivity contribution >= 4 is 46.4 Å². The molecular formula is C11H20IN5S. The molecule has 1 aliphatic heterocycles. The van der Waals surface area contributed by atoms with Gasteiger partial charge in [0, 0.05) is 44.3 Å². The molecule has 0 spiro atoms. The quantitative estimate of drug-likeness (QED) is 0.491. The van der Waals surface area contributed by atoms with E-state index >= 15 is 0 Å². The molecule has 0 amide bonds. The highest BCUT2D eigenvalue weighted by Gasteiger charge is 2.19. The van der Waals surface area contributed by atoms with Gasteiger partial charge in [-0.3, -0.25) is 4.99 Å². The second-order valence-corrected chi connectivity index (χ2v) is 4.90. The molecular weight excluding hydrogens is 361 g/mol. The number of guanidine groups is 1. The van der Waals surface area contributed by atoms with Crippen LogP contribution >= 0.6 is 35.3 Å².